The zero-order valence-corrected chi connectivity index (χ0v) is 9.97. The molecule has 0 unspecified atom stereocenters. The first-order valence-electron chi connectivity index (χ1n) is 5.10. The fourth-order valence-electron chi connectivity index (χ4n) is 1.09. The minimum atomic E-state index is -0.250. The van der Waals surface area contributed by atoms with Crippen LogP contribution in [0.25, 0.3) is 0 Å². The van der Waals surface area contributed by atoms with Crippen molar-refractivity contribution in [2.75, 3.05) is 13.2 Å². The maximum Gasteiger partial charge on any atom is 0.290 e. The number of amides is 1. The minimum absolute atomic E-state index is 0.250. The highest BCUT2D eigenvalue weighted by atomic mass is 16.5. The van der Waals surface area contributed by atoms with E-state index >= 15 is 0 Å². The lowest BCUT2D eigenvalue weighted by Crippen LogP contribution is -2.18. The molecule has 0 heterocycles. The van der Waals surface area contributed by atoms with Gasteiger partial charge in [-0.1, -0.05) is 6.07 Å². The fraction of sp³-hybridized carbons (Fsp3) is 0.333. The van der Waals surface area contributed by atoms with Gasteiger partial charge in [-0.25, -0.2) is 0 Å². The summed E-state index contributed by atoms with van der Waals surface area (Å²) in [4.78, 5) is 18.3. The molecule has 0 aliphatic rings. The van der Waals surface area contributed by atoms with Gasteiger partial charge < -0.3 is 15.2 Å². The number of carbonyl (C=O) groups excluding carboxylic acids is 1. The van der Waals surface area contributed by atoms with Gasteiger partial charge in [-0.05, 0) is 37.1 Å². The Kier molecular flexibility index (Phi) is 8.10. The smallest absolute Gasteiger partial charge is 0.290 e. The highest BCUT2D eigenvalue weighted by molar-refractivity contribution is 5.45. The Morgan fingerprint density at radius 1 is 1.29 bits per heavy atom. The molecule has 1 aromatic carbocycles. The molecule has 1 aromatic rings. The molecule has 0 aromatic heterocycles. The molecule has 0 radical (unpaired) electrons. The van der Waals surface area contributed by atoms with Gasteiger partial charge in [0, 0.05) is 0 Å². The number of rotatable bonds is 5. The van der Waals surface area contributed by atoms with Gasteiger partial charge in [0.05, 0.1) is 6.54 Å². The van der Waals surface area contributed by atoms with Crippen molar-refractivity contribution in [3.8, 4) is 5.75 Å². The Balaban J connectivity index is 0.000000770. The van der Waals surface area contributed by atoms with Crippen LogP contribution in [0.3, 0.4) is 0 Å². The van der Waals surface area contributed by atoms with Crippen LogP contribution in [0.1, 0.15) is 11.1 Å². The summed E-state index contributed by atoms with van der Waals surface area (Å²) in [5.41, 5.74) is 2.47. The third-order valence-electron chi connectivity index (χ3n) is 2.08. The predicted octanol–water partition coefficient (Wildman–Crippen LogP) is 1.13. The van der Waals surface area contributed by atoms with E-state index in [2.05, 4.69) is 12.2 Å². The van der Waals surface area contributed by atoms with Gasteiger partial charge in [-0.2, -0.15) is 0 Å². The van der Waals surface area contributed by atoms with Crippen molar-refractivity contribution < 1.29 is 19.4 Å². The lowest BCUT2D eigenvalue weighted by Gasteiger charge is -2.07. The Morgan fingerprint density at radius 2 is 1.94 bits per heavy atom. The normalized spacial score (nSPS) is 8.59. The number of hydrogen-bond donors (Lipinski definition) is 2. The highest BCUT2D eigenvalue weighted by Crippen LogP contribution is 2.15. The van der Waals surface area contributed by atoms with Crippen LogP contribution in [0.5, 0.6) is 5.75 Å². The van der Waals surface area contributed by atoms with E-state index in [1.54, 1.807) is 0 Å². The first-order valence-corrected chi connectivity index (χ1v) is 5.10. The summed E-state index contributed by atoms with van der Waals surface area (Å²) >= 11 is 0. The molecule has 1 rings (SSSR count). The summed E-state index contributed by atoms with van der Waals surface area (Å²) in [5, 5.41) is 9.43. The largest absolute Gasteiger partial charge is 0.492 e. The second-order valence-corrected chi connectivity index (χ2v) is 3.27. The average Bonchev–Trinajstić information content (AvgIpc) is 2.30. The van der Waals surface area contributed by atoms with Gasteiger partial charge in [-0.15, -0.1) is 0 Å². The quantitative estimate of drug-likeness (QED) is 0.596. The summed E-state index contributed by atoms with van der Waals surface area (Å²) in [6, 6.07) is 5.96. The lowest BCUT2D eigenvalue weighted by atomic mass is 10.1. The molecule has 5 heteroatoms. The second-order valence-electron chi connectivity index (χ2n) is 3.27. The van der Waals surface area contributed by atoms with Crippen LogP contribution in [-0.4, -0.2) is 31.1 Å². The van der Waals surface area contributed by atoms with Crippen LogP contribution >= 0.6 is 0 Å². The van der Waals surface area contributed by atoms with Gasteiger partial charge in [0.1, 0.15) is 12.4 Å². The van der Waals surface area contributed by atoms with E-state index in [1.807, 2.05) is 25.1 Å². The van der Waals surface area contributed by atoms with Gasteiger partial charge in [0.25, 0.3) is 6.47 Å². The van der Waals surface area contributed by atoms with Crippen LogP contribution in [0.2, 0.25) is 0 Å². The zero-order valence-electron chi connectivity index (χ0n) is 9.97. The third kappa shape index (κ3) is 6.94. The molecule has 0 spiro atoms. The molecule has 2 N–H and O–H groups in total. The number of benzene rings is 1. The van der Waals surface area contributed by atoms with Crippen LogP contribution in [0.15, 0.2) is 18.2 Å². The van der Waals surface area contributed by atoms with Crippen LogP contribution < -0.4 is 10.1 Å². The van der Waals surface area contributed by atoms with Crippen molar-refractivity contribution in [2.45, 2.75) is 13.8 Å². The molecule has 94 valence electrons. The van der Waals surface area contributed by atoms with Crippen molar-refractivity contribution in [3.63, 3.8) is 0 Å². The molecular weight excluding hydrogens is 222 g/mol. The summed E-state index contributed by atoms with van der Waals surface area (Å²) in [7, 11) is 0. The fourth-order valence-corrected chi connectivity index (χ4v) is 1.09. The van der Waals surface area contributed by atoms with E-state index in [4.69, 9.17) is 14.6 Å². The molecular formula is C12H17NO4. The number of carboxylic acid groups (broad SMARTS) is 1. The number of aryl methyl sites for hydroxylation is 2. The molecule has 1 amide bonds. The standard InChI is InChI=1S/C11H15NO2.CH2O2/c1-9-3-4-11(7-10(9)2)14-6-5-12-8-13;2-1-3/h3-4,7-8H,5-6H2,1-2H3,(H,12,13);1H,(H,2,3). The number of nitrogens with one attached hydrogen (secondary N) is 1. The lowest BCUT2D eigenvalue weighted by molar-refractivity contribution is -0.122. The maximum absolute atomic E-state index is 9.95. The van der Waals surface area contributed by atoms with E-state index in [-0.39, 0.29) is 6.47 Å². The van der Waals surface area contributed by atoms with Crippen molar-refractivity contribution in [1.29, 1.82) is 0 Å². The first-order chi connectivity index (χ1) is 8.15. The van der Waals surface area contributed by atoms with Crippen molar-refractivity contribution in [1.82, 2.24) is 5.32 Å². The van der Waals surface area contributed by atoms with E-state index < -0.39 is 0 Å². The molecule has 0 saturated heterocycles. The molecule has 5 nitrogen and oxygen atoms in total. The topological polar surface area (TPSA) is 75.6 Å². The molecule has 0 aliphatic carbocycles. The number of carbonyl (C=O) groups is 2. The monoisotopic (exact) mass is 239 g/mol. The molecule has 0 atom stereocenters. The maximum atomic E-state index is 9.95. The summed E-state index contributed by atoms with van der Waals surface area (Å²) < 4.78 is 5.42. The van der Waals surface area contributed by atoms with Crippen molar-refractivity contribution in [2.24, 2.45) is 0 Å². The van der Waals surface area contributed by atoms with Gasteiger partial charge in [0.2, 0.25) is 6.41 Å². The Labute approximate surface area is 100 Å². The first kappa shape index (κ1) is 15.0. The van der Waals surface area contributed by atoms with Crippen LogP contribution in [0.4, 0.5) is 0 Å². The van der Waals surface area contributed by atoms with E-state index in [9.17, 15) is 4.79 Å². The summed E-state index contributed by atoms with van der Waals surface area (Å²) in [5.74, 6) is 0.848. The average molecular weight is 239 g/mol. The Hall–Kier alpha value is -2.04. The minimum Gasteiger partial charge on any atom is -0.492 e. The second kappa shape index (κ2) is 9.21. The molecule has 0 saturated carbocycles. The van der Waals surface area contributed by atoms with Crippen LogP contribution in [-0.2, 0) is 9.59 Å². The molecule has 0 bridgehead atoms. The van der Waals surface area contributed by atoms with E-state index in [0.29, 0.717) is 19.6 Å². The molecule has 0 aliphatic heterocycles. The van der Waals surface area contributed by atoms with Crippen molar-refractivity contribution >= 4 is 12.9 Å². The van der Waals surface area contributed by atoms with Gasteiger partial charge >= 0.3 is 0 Å². The predicted molar refractivity (Wildman–Crippen MR) is 64.2 cm³/mol. The zero-order chi connectivity index (χ0) is 13.1. The third-order valence-corrected chi connectivity index (χ3v) is 2.08. The highest BCUT2D eigenvalue weighted by Gasteiger charge is 1.96. The SMILES string of the molecule is Cc1ccc(OCCNC=O)cc1C.O=CO. The summed E-state index contributed by atoms with van der Waals surface area (Å²) in [6.45, 7) is 4.90. The van der Waals surface area contributed by atoms with Gasteiger partial charge in [0.15, 0.2) is 0 Å². The molecule has 0 fully saturated rings. The van der Waals surface area contributed by atoms with Crippen molar-refractivity contribution in [3.05, 3.63) is 29.3 Å². The van der Waals surface area contributed by atoms with E-state index in [1.165, 1.54) is 11.1 Å². The van der Waals surface area contributed by atoms with E-state index in [0.717, 1.165) is 5.75 Å². The summed E-state index contributed by atoms with van der Waals surface area (Å²) in [6.07, 6.45) is 0.670. The number of hydrogen-bond acceptors (Lipinski definition) is 3. The Bertz CT molecular complexity index is 352. The molecule has 17 heavy (non-hydrogen) atoms. The Morgan fingerprint density at radius 3 is 2.47 bits per heavy atom. The number of ether oxygens (including phenoxy) is 1. The van der Waals surface area contributed by atoms with Crippen LogP contribution in [0, 0.1) is 13.8 Å². The van der Waals surface area contributed by atoms with Gasteiger partial charge in [-0.3, -0.25) is 9.59 Å².